The average Bonchev–Trinajstić information content (AvgIpc) is 3.21. The number of hydrogen-bond donors (Lipinski definition) is 0. The smallest absolute Gasteiger partial charge is 0.267 e. The summed E-state index contributed by atoms with van der Waals surface area (Å²) in [5, 5.41) is 1.30. The van der Waals surface area contributed by atoms with Crippen LogP contribution in [-0.4, -0.2) is 28.2 Å². The molecule has 5 rings (SSSR count). The van der Waals surface area contributed by atoms with E-state index in [4.69, 9.17) is 9.72 Å². The van der Waals surface area contributed by atoms with Crippen molar-refractivity contribution >= 4 is 39.1 Å². The Morgan fingerprint density at radius 3 is 2.62 bits per heavy atom. The molecule has 1 unspecified atom stereocenters. The highest BCUT2D eigenvalue weighted by molar-refractivity contribution is 7.99. The number of benzene rings is 2. The van der Waals surface area contributed by atoms with Crippen LogP contribution in [0.15, 0.2) is 58.5 Å². The maximum Gasteiger partial charge on any atom is 0.267 e. The summed E-state index contributed by atoms with van der Waals surface area (Å²) in [6.45, 7) is 4.28. The van der Waals surface area contributed by atoms with Crippen LogP contribution in [0, 0.1) is 12.8 Å². The number of ketones is 1. The van der Waals surface area contributed by atoms with Crippen LogP contribution in [-0.2, 0) is 12.8 Å². The largest absolute Gasteiger partial charge is 0.497 e. The number of hydrogen-bond acceptors (Lipinski definition) is 6. The number of carbonyl (C=O) groups excluding carboxylic acids is 1. The summed E-state index contributed by atoms with van der Waals surface area (Å²) in [6, 6.07) is 15.0. The summed E-state index contributed by atoms with van der Waals surface area (Å²) >= 11 is 2.95. The van der Waals surface area contributed by atoms with E-state index in [0.717, 1.165) is 40.7 Å². The standard InChI is InChI=1S/C27H26N2O3S2/c1-16-4-9-19(10-5-16)29-26(31)24-21-13-6-17(2)14-23(21)34-25(24)28-27(29)33-15-22(30)18-7-11-20(32-3)12-8-18/h4-5,7-12,17H,6,13-15H2,1-3H3. The van der Waals surface area contributed by atoms with Gasteiger partial charge in [0.25, 0.3) is 5.56 Å². The quantitative estimate of drug-likeness (QED) is 0.192. The van der Waals surface area contributed by atoms with Crippen LogP contribution in [0.5, 0.6) is 5.75 Å². The van der Waals surface area contributed by atoms with Crippen molar-refractivity contribution < 1.29 is 9.53 Å². The van der Waals surface area contributed by atoms with Crippen LogP contribution in [0.2, 0.25) is 0 Å². The Kier molecular flexibility index (Phi) is 6.32. The molecule has 0 spiro atoms. The SMILES string of the molecule is COc1ccc(C(=O)CSc2nc3sc4c(c3c(=O)n2-c2ccc(C)cc2)CCC(C)C4)cc1. The molecule has 1 atom stereocenters. The molecule has 0 amide bonds. The number of aromatic nitrogens is 2. The first-order valence-corrected chi connectivity index (χ1v) is 13.2. The zero-order valence-corrected chi connectivity index (χ0v) is 21.1. The zero-order chi connectivity index (χ0) is 23.8. The maximum absolute atomic E-state index is 13.9. The molecule has 0 saturated carbocycles. The van der Waals surface area contributed by atoms with Crippen molar-refractivity contribution in [2.45, 2.75) is 38.3 Å². The first-order valence-electron chi connectivity index (χ1n) is 11.4. The topological polar surface area (TPSA) is 61.2 Å². The lowest BCUT2D eigenvalue weighted by molar-refractivity contribution is 0.102. The Hall–Kier alpha value is -2.90. The Balaban J connectivity index is 1.56. The Morgan fingerprint density at radius 1 is 1.18 bits per heavy atom. The summed E-state index contributed by atoms with van der Waals surface area (Å²) in [6.07, 6.45) is 3.01. The third-order valence-corrected chi connectivity index (χ3v) is 8.42. The van der Waals surface area contributed by atoms with Crippen LogP contribution in [0.25, 0.3) is 15.9 Å². The number of thioether (sulfide) groups is 1. The molecule has 34 heavy (non-hydrogen) atoms. The molecule has 2 aromatic carbocycles. The maximum atomic E-state index is 13.9. The van der Waals surface area contributed by atoms with Crippen LogP contribution < -0.4 is 10.3 Å². The fourth-order valence-electron chi connectivity index (χ4n) is 4.38. The van der Waals surface area contributed by atoms with Crippen molar-refractivity contribution in [3.8, 4) is 11.4 Å². The number of ether oxygens (including phenoxy) is 1. The van der Waals surface area contributed by atoms with E-state index in [1.54, 1.807) is 47.3 Å². The molecule has 0 fully saturated rings. The van der Waals surface area contributed by atoms with Gasteiger partial charge in [0.1, 0.15) is 10.6 Å². The lowest BCUT2D eigenvalue weighted by atomic mass is 9.89. The minimum absolute atomic E-state index is 0.0169. The van der Waals surface area contributed by atoms with Gasteiger partial charge in [-0.3, -0.25) is 14.2 Å². The predicted molar refractivity (Wildman–Crippen MR) is 139 cm³/mol. The van der Waals surface area contributed by atoms with E-state index in [9.17, 15) is 9.59 Å². The van der Waals surface area contributed by atoms with Crippen molar-refractivity contribution in [1.82, 2.24) is 9.55 Å². The number of Topliss-reactive ketones (excluding diaryl/α,β-unsaturated/α-hetero) is 1. The van der Waals surface area contributed by atoms with Gasteiger partial charge in [-0.25, -0.2) is 4.98 Å². The first-order chi connectivity index (χ1) is 16.4. The average molecular weight is 491 g/mol. The van der Waals surface area contributed by atoms with Gasteiger partial charge in [-0.1, -0.05) is 36.4 Å². The number of nitrogens with zero attached hydrogens (tertiary/aromatic N) is 2. The highest BCUT2D eigenvalue weighted by Crippen LogP contribution is 2.37. The number of fused-ring (bicyclic) bond motifs is 3. The van der Waals surface area contributed by atoms with Gasteiger partial charge >= 0.3 is 0 Å². The van der Waals surface area contributed by atoms with Gasteiger partial charge in [-0.2, -0.15) is 0 Å². The molecule has 0 aliphatic heterocycles. The highest BCUT2D eigenvalue weighted by Gasteiger charge is 2.25. The molecule has 7 heteroatoms. The fourth-order valence-corrected chi connectivity index (χ4v) is 6.71. The van der Waals surface area contributed by atoms with Crippen molar-refractivity contribution in [3.63, 3.8) is 0 Å². The minimum Gasteiger partial charge on any atom is -0.497 e. The van der Waals surface area contributed by atoms with Gasteiger partial charge in [-0.15, -0.1) is 11.3 Å². The van der Waals surface area contributed by atoms with Gasteiger partial charge in [0.05, 0.1) is 23.9 Å². The number of thiophene rings is 1. The van der Waals surface area contributed by atoms with E-state index in [0.29, 0.717) is 22.4 Å². The highest BCUT2D eigenvalue weighted by atomic mass is 32.2. The van der Waals surface area contributed by atoms with E-state index in [-0.39, 0.29) is 17.1 Å². The molecular weight excluding hydrogens is 464 g/mol. The second-order valence-electron chi connectivity index (χ2n) is 8.84. The van der Waals surface area contributed by atoms with Crippen molar-refractivity contribution in [2.24, 2.45) is 5.92 Å². The summed E-state index contributed by atoms with van der Waals surface area (Å²) < 4.78 is 6.86. The Bertz CT molecular complexity index is 1420. The molecule has 1 aliphatic carbocycles. The van der Waals surface area contributed by atoms with Gasteiger partial charge in [0, 0.05) is 10.4 Å². The number of rotatable bonds is 6. The summed E-state index contributed by atoms with van der Waals surface area (Å²) in [5.41, 5.74) is 3.63. The molecule has 0 N–H and O–H groups in total. The van der Waals surface area contributed by atoms with Gasteiger partial charge in [-0.05, 0) is 74.1 Å². The molecule has 2 aromatic heterocycles. The molecule has 174 valence electrons. The predicted octanol–water partition coefficient (Wildman–Crippen LogP) is 5.86. The zero-order valence-electron chi connectivity index (χ0n) is 19.5. The lowest BCUT2D eigenvalue weighted by Crippen LogP contribution is -2.23. The Labute approximate surface area is 206 Å². The molecule has 1 aliphatic rings. The molecule has 0 bridgehead atoms. The van der Waals surface area contributed by atoms with E-state index in [1.165, 1.54) is 22.2 Å². The number of methoxy groups -OCH3 is 1. The van der Waals surface area contributed by atoms with E-state index < -0.39 is 0 Å². The fraction of sp³-hybridized carbons (Fsp3) is 0.296. The molecule has 0 radical (unpaired) electrons. The number of aryl methyl sites for hydroxylation is 2. The summed E-state index contributed by atoms with van der Waals surface area (Å²) in [7, 11) is 1.60. The summed E-state index contributed by atoms with van der Waals surface area (Å²) in [4.78, 5) is 33.7. The second-order valence-corrected chi connectivity index (χ2v) is 10.9. The van der Waals surface area contributed by atoms with E-state index >= 15 is 0 Å². The van der Waals surface area contributed by atoms with Crippen LogP contribution in [0.1, 0.15) is 39.7 Å². The Morgan fingerprint density at radius 2 is 1.91 bits per heavy atom. The first kappa shape index (κ1) is 22.9. The number of carbonyl (C=O) groups is 1. The van der Waals surface area contributed by atoms with Crippen LogP contribution >= 0.6 is 23.1 Å². The molecule has 0 saturated heterocycles. The van der Waals surface area contributed by atoms with Gasteiger partial charge in [0.2, 0.25) is 0 Å². The monoisotopic (exact) mass is 490 g/mol. The second kappa shape index (κ2) is 9.39. The van der Waals surface area contributed by atoms with E-state index in [2.05, 4.69) is 6.92 Å². The lowest BCUT2D eigenvalue weighted by Gasteiger charge is -2.18. The molecular formula is C27H26N2O3S2. The molecule has 2 heterocycles. The van der Waals surface area contributed by atoms with Crippen molar-refractivity contribution in [2.75, 3.05) is 12.9 Å². The normalized spacial score (nSPS) is 15.3. The molecule has 5 nitrogen and oxygen atoms in total. The van der Waals surface area contributed by atoms with Gasteiger partial charge in [0.15, 0.2) is 10.9 Å². The minimum atomic E-state index is -0.0414. The van der Waals surface area contributed by atoms with Gasteiger partial charge < -0.3 is 4.74 Å². The third-order valence-electron chi connectivity index (χ3n) is 6.34. The molecule has 4 aromatic rings. The van der Waals surface area contributed by atoms with E-state index in [1.807, 2.05) is 31.2 Å². The van der Waals surface area contributed by atoms with Crippen molar-refractivity contribution in [3.05, 3.63) is 80.5 Å². The van der Waals surface area contributed by atoms with Crippen molar-refractivity contribution in [1.29, 1.82) is 0 Å². The van der Waals surface area contributed by atoms with Crippen LogP contribution in [0.4, 0.5) is 0 Å². The summed E-state index contributed by atoms with van der Waals surface area (Å²) in [5.74, 6) is 1.51. The van der Waals surface area contributed by atoms with Crippen LogP contribution in [0.3, 0.4) is 0 Å². The third kappa shape index (κ3) is 4.30.